The molecule has 1 unspecified atom stereocenters. The number of carbonyl (C=O) groups excluding carboxylic acids is 1. The molecule has 3 N–H and O–H groups in total. The number of para-hydroxylation sites is 2. The molecule has 0 aliphatic heterocycles. The monoisotopic (exact) mass is 413 g/mol. The SMILES string of the molecule is CSCCC(NC(=O)c1sc2nc[nH]c(=O)c2c1C)c1nc2ccccc2[nH]1. The fourth-order valence-corrected chi connectivity index (χ4v) is 4.69. The molecular formula is C19H19N5O2S2. The molecule has 28 heavy (non-hydrogen) atoms. The van der Waals surface area contributed by atoms with Gasteiger partial charge in [0.15, 0.2) is 0 Å². The molecule has 0 aliphatic rings. The summed E-state index contributed by atoms with van der Waals surface area (Å²) in [6, 6.07) is 7.55. The molecule has 3 heterocycles. The van der Waals surface area contributed by atoms with Crippen molar-refractivity contribution in [3.63, 3.8) is 0 Å². The van der Waals surface area contributed by atoms with Gasteiger partial charge in [0.2, 0.25) is 0 Å². The highest BCUT2D eigenvalue weighted by Crippen LogP contribution is 2.28. The zero-order valence-electron chi connectivity index (χ0n) is 15.4. The number of aromatic amines is 2. The van der Waals surface area contributed by atoms with Crippen LogP contribution in [-0.4, -0.2) is 37.9 Å². The van der Waals surface area contributed by atoms with E-state index in [1.165, 1.54) is 17.7 Å². The Bertz CT molecular complexity index is 1180. The van der Waals surface area contributed by atoms with Crippen molar-refractivity contribution in [3.8, 4) is 0 Å². The number of aromatic nitrogens is 4. The van der Waals surface area contributed by atoms with Gasteiger partial charge in [-0.2, -0.15) is 11.8 Å². The predicted octanol–water partition coefficient (Wildman–Crippen LogP) is 3.39. The Balaban J connectivity index is 1.67. The molecule has 0 saturated heterocycles. The van der Waals surface area contributed by atoms with E-state index in [2.05, 4.69) is 25.3 Å². The van der Waals surface area contributed by atoms with Crippen LogP contribution < -0.4 is 10.9 Å². The second-order valence-electron chi connectivity index (χ2n) is 6.41. The number of aryl methyl sites for hydroxylation is 1. The van der Waals surface area contributed by atoms with Gasteiger partial charge in [0.25, 0.3) is 11.5 Å². The Morgan fingerprint density at radius 1 is 1.36 bits per heavy atom. The molecule has 4 aromatic rings. The molecule has 0 fully saturated rings. The Kier molecular flexibility index (Phi) is 5.19. The molecule has 0 saturated carbocycles. The number of rotatable bonds is 6. The number of imidazole rings is 1. The summed E-state index contributed by atoms with van der Waals surface area (Å²) in [5.74, 6) is 1.40. The summed E-state index contributed by atoms with van der Waals surface area (Å²) in [5.41, 5.74) is 2.23. The van der Waals surface area contributed by atoms with Gasteiger partial charge in [-0.15, -0.1) is 11.3 Å². The van der Waals surface area contributed by atoms with E-state index in [4.69, 9.17) is 0 Å². The normalized spacial score (nSPS) is 12.5. The number of nitrogens with zero attached hydrogens (tertiary/aromatic N) is 2. The molecule has 0 bridgehead atoms. The summed E-state index contributed by atoms with van der Waals surface area (Å²) < 4.78 is 0. The highest BCUT2D eigenvalue weighted by molar-refractivity contribution is 7.98. The van der Waals surface area contributed by atoms with Crippen LogP contribution in [0.5, 0.6) is 0 Å². The second-order valence-corrected chi connectivity index (χ2v) is 8.40. The smallest absolute Gasteiger partial charge is 0.262 e. The van der Waals surface area contributed by atoms with Gasteiger partial charge in [-0.25, -0.2) is 9.97 Å². The number of carbonyl (C=O) groups is 1. The van der Waals surface area contributed by atoms with E-state index in [1.54, 1.807) is 18.7 Å². The molecule has 0 radical (unpaired) electrons. The number of hydrogen-bond acceptors (Lipinski definition) is 6. The van der Waals surface area contributed by atoms with Gasteiger partial charge in [-0.05, 0) is 43.0 Å². The third-order valence-corrected chi connectivity index (χ3v) is 6.44. The molecule has 1 amide bonds. The minimum atomic E-state index is -0.247. The van der Waals surface area contributed by atoms with Crippen molar-refractivity contribution in [2.45, 2.75) is 19.4 Å². The largest absolute Gasteiger partial charge is 0.341 e. The van der Waals surface area contributed by atoms with E-state index in [1.807, 2.05) is 30.5 Å². The molecule has 7 nitrogen and oxygen atoms in total. The van der Waals surface area contributed by atoms with E-state index >= 15 is 0 Å². The van der Waals surface area contributed by atoms with Crippen LogP contribution in [0.3, 0.4) is 0 Å². The third kappa shape index (κ3) is 3.43. The first-order chi connectivity index (χ1) is 13.6. The van der Waals surface area contributed by atoms with Crippen molar-refractivity contribution in [1.82, 2.24) is 25.3 Å². The predicted molar refractivity (Wildman–Crippen MR) is 114 cm³/mol. The van der Waals surface area contributed by atoms with Crippen molar-refractivity contribution in [2.75, 3.05) is 12.0 Å². The first kappa shape index (κ1) is 18.7. The quantitative estimate of drug-likeness (QED) is 0.449. The zero-order chi connectivity index (χ0) is 19.7. The highest BCUT2D eigenvalue weighted by Gasteiger charge is 2.23. The van der Waals surface area contributed by atoms with Crippen LogP contribution in [0.2, 0.25) is 0 Å². The van der Waals surface area contributed by atoms with Crippen molar-refractivity contribution < 1.29 is 4.79 Å². The van der Waals surface area contributed by atoms with Crippen LogP contribution in [0.15, 0.2) is 35.4 Å². The molecular weight excluding hydrogens is 394 g/mol. The maximum atomic E-state index is 13.0. The minimum Gasteiger partial charge on any atom is -0.341 e. The number of benzene rings is 1. The standard InChI is InChI=1S/C19H19N5O2S2/c1-10-14-17(25)20-9-21-19(14)28-15(10)18(26)24-13(7-8-27-2)16-22-11-5-3-4-6-12(11)23-16/h3-6,9,13H,7-8H2,1-2H3,(H,22,23)(H,24,26)(H,20,21,25). The molecule has 0 spiro atoms. The van der Waals surface area contributed by atoms with E-state index in [0.717, 1.165) is 29.0 Å². The van der Waals surface area contributed by atoms with Crippen molar-refractivity contribution in [2.24, 2.45) is 0 Å². The van der Waals surface area contributed by atoms with Gasteiger partial charge < -0.3 is 15.3 Å². The van der Waals surface area contributed by atoms with Crippen molar-refractivity contribution in [1.29, 1.82) is 0 Å². The summed E-state index contributed by atoms with van der Waals surface area (Å²) in [4.78, 5) is 40.9. The van der Waals surface area contributed by atoms with E-state index in [9.17, 15) is 9.59 Å². The van der Waals surface area contributed by atoms with Crippen LogP contribution in [0, 0.1) is 6.92 Å². The highest BCUT2D eigenvalue weighted by atomic mass is 32.2. The summed E-state index contributed by atoms with van der Waals surface area (Å²) in [6.45, 7) is 1.78. The second kappa shape index (κ2) is 7.76. The summed E-state index contributed by atoms with van der Waals surface area (Å²) in [6.07, 6.45) is 4.14. The third-order valence-electron chi connectivity index (χ3n) is 4.59. The number of thioether (sulfide) groups is 1. The number of hydrogen-bond donors (Lipinski definition) is 3. The van der Waals surface area contributed by atoms with Gasteiger partial charge in [0.1, 0.15) is 10.7 Å². The van der Waals surface area contributed by atoms with Crippen LogP contribution >= 0.6 is 23.1 Å². The number of amides is 1. The van der Waals surface area contributed by atoms with E-state index in [-0.39, 0.29) is 17.5 Å². The molecule has 1 aromatic carbocycles. The van der Waals surface area contributed by atoms with Gasteiger partial charge >= 0.3 is 0 Å². The van der Waals surface area contributed by atoms with Gasteiger partial charge in [0.05, 0.1) is 33.7 Å². The Morgan fingerprint density at radius 2 is 2.18 bits per heavy atom. The van der Waals surface area contributed by atoms with Crippen molar-refractivity contribution in [3.05, 3.63) is 57.2 Å². The maximum absolute atomic E-state index is 13.0. The molecule has 1 atom stereocenters. The lowest BCUT2D eigenvalue weighted by Gasteiger charge is -2.16. The minimum absolute atomic E-state index is 0.216. The first-order valence-corrected chi connectivity index (χ1v) is 11.0. The lowest BCUT2D eigenvalue weighted by Crippen LogP contribution is -2.29. The summed E-state index contributed by atoms with van der Waals surface area (Å²) in [5, 5.41) is 3.57. The Morgan fingerprint density at radius 3 is 2.93 bits per heavy atom. The van der Waals surface area contributed by atoms with Crippen LogP contribution in [0.1, 0.15) is 33.5 Å². The maximum Gasteiger partial charge on any atom is 0.262 e. The number of thiophene rings is 1. The van der Waals surface area contributed by atoms with Crippen LogP contribution in [0.25, 0.3) is 21.3 Å². The topological polar surface area (TPSA) is 104 Å². The lowest BCUT2D eigenvalue weighted by molar-refractivity contribution is 0.0938. The van der Waals surface area contributed by atoms with Gasteiger partial charge in [-0.1, -0.05) is 12.1 Å². The van der Waals surface area contributed by atoms with E-state index in [0.29, 0.717) is 20.7 Å². The van der Waals surface area contributed by atoms with Gasteiger partial charge in [0, 0.05) is 0 Å². The van der Waals surface area contributed by atoms with Gasteiger partial charge in [-0.3, -0.25) is 9.59 Å². The average Bonchev–Trinajstić information content (AvgIpc) is 3.27. The fourth-order valence-electron chi connectivity index (χ4n) is 3.17. The molecule has 3 aromatic heterocycles. The van der Waals surface area contributed by atoms with Crippen LogP contribution in [-0.2, 0) is 0 Å². The fraction of sp³-hybridized carbons (Fsp3) is 0.263. The first-order valence-electron chi connectivity index (χ1n) is 8.79. The number of H-pyrrole nitrogens is 2. The van der Waals surface area contributed by atoms with E-state index < -0.39 is 0 Å². The summed E-state index contributed by atoms with van der Waals surface area (Å²) in [7, 11) is 0. The number of nitrogens with one attached hydrogen (secondary N) is 3. The zero-order valence-corrected chi connectivity index (χ0v) is 17.0. The number of fused-ring (bicyclic) bond motifs is 2. The Labute approximate surface area is 169 Å². The molecule has 0 aliphatic carbocycles. The van der Waals surface area contributed by atoms with Crippen LogP contribution in [0.4, 0.5) is 0 Å². The lowest BCUT2D eigenvalue weighted by atomic mass is 10.1. The molecule has 144 valence electrons. The summed E-state index contributed by atoms with van der Waals surface area (Å²) >= 11 is 2.95. The molecule has 9 heteroatoms. The molecule has 4 rings (SSSR count). The average molecular weight is 414 g/mol. The van der Waals surface area contributed by atoms with Crippen molar-refractivity contribution >= 4 is 50.3 Å². The Hall–Kier alpha value is -2.65.